The predicted octanol–water partition coefficient (Wildman–Crippen LogP) is 4.39. The van der Waals surface area contributed by atoms with E-state index in [1.54, 1.807) is 7.11 Å². The second-order valence-electron chi connectivity index (χ2n) is 6.59. The first-order valence-electron chi connectivity index (χ1n) is 8.83. The number of benzene rings is 2. The van der Waals surface area contributed by atoms with Crippen molar-refractivity contribution in [1.29, 1.82) is 0 Å². The summed E-state index contributed by atoms with van der Waals surface area (Å²) in [5.74, 6) is 1.80. The molecule has 0 spiro atoms. The molecular weight excluding hydrogens is 336 g/mol. The molecular formula is C20H23ClN2O2. The molecule has 0 amide bonds. The van der Waals surface area contributed by atoms with Crippen molar-refractivity contribution >= 4 is 17.3 Å². The number of nitrogens with zero attached hydrogens (tertiary/aromatic N) is 1. The van der Waals surface area contributed by atoms with E-state index in [-0.39, 0.29) is 6.04 Å². The number of rotatable bonds is 4. The van der Waals surface area contributed by atoms with Gasteiger partial charge in [-0.1, -0.05) is 29.8 Å². The van der Waals surface area contributed by atoms with Crippen molar-refractivity contribution < 1.29 is 9.47 Å². The Labute approximate surface area is 153 Å². The molecule has 2 atom stereocenters. The molecule has 1 saturated heterocycles. The van der Waals surface area contributed by atoms with Gasteiger partial charge in [-0.3, -0.25) is 0 Å². The van der Waals surface area contributed by atoms with E-state index in [9.17, 15) is 0 Å². The van der Waals surface area contributed by atoms with E-state index < -0.39 is 0 Å². The van der Waals surface area contributed by atoms with Crippen LogP contribution in [0, 0.1) is 0 Å². The summed E-state index contributed by atoms with van der Waals surface area (Å²) in [4.78, 5) is 2.45. The van der Waals surface area contributed by atoms with E-state index in [2.05, 4.69) is 28.4 Å². The van der Waals surface area contributed by atoms with Crippen LogP contribution < -0.4 is 15.0 Å². The van der Waals surface area contributed by atoms with Crippen LogP contribution in [0.25, 0.3) is 0 Å². The summed E-state index contributed by atoms with van der Waals surface area (Å²) in [6.07, 6.45) is 2.27. The lowest BCUT2D eigenvalue weighted by molar-refractivity contribution is 0.190. The third kappa shape index (κ3) is 3.22. The van der Waals surface area contributed by atoms with Crippen molar-refractivity contribution in [2.45, 2.75) is 24.9 Å². The van der Waals surface area contributed by atoms with Crippen molar-refractivity contribution in [3.05, 3.63) is 53.1 Å². The number of halogens is 1. The van der Waals surface area contributed by atoms with Crippen molar-refractivity contribution in [2.75, 3.05) is 31.7 Å². The second-order valence-corrected chi connectivity index (χ2v) is 7.02. The lowest BCUT2D eigenvalue weighted by atomic mass is 9.89. The number of piperidine rings is 1. The van der Waals surface area contributed by atoms with Gasteiger partial charge in [0.25, 0.3) is 0 Å². The molecule has 0 aromatic heterocycles. The number of hydrogen-bond donors (Lipinski definition) is 1. The van der Waals surface area contributed by atoms with E-state index in [0.29, 0.717) is 12.6 Å². The van der Waals surface area contributed by atoms with Crippen molar-refractivity contribution in [3.63, 3.8) is 0 Å². The Morgan fingerprint density at radius 3 is 3.00 bits per heavy atom. The number of anilines is 1. The van der Waals surface area contributed by atoms with Gasteiger partial charge in [-0.25, -0.2) is 0 Å². The minimum Gasteiger partial charge on any atom is -0.455 e. The van der Waals surface area contributed by atoms with E-state index in [0.717, 1.165) is 48.1 Å². The van der Waals surface area contributed by atoms with Crippen LogP contribution in [0.5, 0.6) is 11.5 Å². The Morgan fingerprint density at radius 2 is 2.12 bits per heavy atom. The Balaban J connectivity index is 1.78. The molecule has 0 radical (unpaired) electrons. The van der Waals surface area contributed by atoms with Crippen LogP contribution in [0.2, 0.25) is 5.02 Å². The van der Waals surface area contributed by atoms with Gasteiger partial charge in [0.05, 0.1) is 18.3 Å². The molecule has 0 unspecified atom stereocenters. The maximum Gasteiger partial charge on any atom is 0.150 e. The van der Waals surface area contributed by atoms with Gasteiger partial charge in [0.1, 0.15) is 5.75 Å². The zero-order valence-corrected chi connectivity index (χ0v) is 15.1. The maximum atomic E-state index is 6.30. The highest BCUT2D eigenvalue weighted by Crippen LogP contribution is 2.48. The van der Waals surface area contributed by atoms with Gasteiger partial charge in [0.2, 0.25) is 0 Å². The summed E-state index contributed by atoms with van der Waals surface area (Å²) in [6.45, 7) is 2.55. The highest BCUT2D eigenvalue weighted by atomic mass is 35.5. The third-order valence-corrected chi connectivity index (χ3v) is 5.27. The van der Waals surface area contributed by atoms with Crippen LogP contribution in [0.15, 0.2) is 42.5 Å². The zero-order valence-electron chi connectivity index (χ0n) is 14.4. The molecule has 2 aromatic rings. The quantitative estimate of drug-likeness (QED) is 0.822. The van der Waals surface area contributed by atoms with E-state index in [1.165, 1.54) is 5.56 Å². The number of fused-ring (bicyclic) bond motifs is 5. The van der Waals surface area contributed by atoms with Crippen LogP contribution >= 0.6 is 11.6 Å². The monoisotopic (exact) mass is 358 g/mol. The fraction of sp³-hybridized carbons (Fsp3) is 0.400. The third-order valence-electron chi connectivity index (χ3n) is 5.03. The molecule has 0 aliphatic carbocycles. The predicted molar refractivity (Wildman–Crippen MR) is 101 cm³/mol. The smallest absolute Gasteiger partial charge is 0.150 e. The van der Waals surface area contributed by atoms with Crippen LogP contribution in [0.1, 0.15) is 24.4 Å². The second kappa shape index (κ2) is 7.24. The highest BCUT2D eigenvalue weighted by molar-refractivity contribution is 6.31. The number of para-hydroxylation sites is 1. The molecule has 0 bridgehead atoms. The Morgan fingerprint density at radius 1 is 1.24 bits per heavy atom. The van der Waals surface area contributed by atoms with Gasteiger partial charge in [0.15, 0.2) is 5.75 Å². The van der Waals surface area contributed by atoms with Gasteiger partial charge in [0, 0.05) is 36.8 Å². The number of methoxy groups -OCH3 is 1. The SMILES string of the molecule is COCCN[C@@H]1CCCN2c3cc(Cl)ccc3Oc3ccccc3[C@H]12. The summed E-state index contributed by atoms with van der Waals surface area (Å²) in [6, 6.07) is 14.8. The van der Waals surface area contributed by atoms with Gasteiger partial charge < -0.3 is 19.7 Å². The average Bonchev–Trinajstić information content (AvgIpc) is 2.77. The van der Waals surface area contributed by atoms with Gasteiger partial charge in [-0.2, -0.15) is 0 Å². The van der Waals surface area contributed by atoms with Gasteiger partial charge >= 0.3 is 0 Å². The van der Waals surface area contributed by atoms with Crippen LogP contribution in [-0.2, 0) is 4.74 Å². The molecule has 5 heteroatoms. The summed E-state index contributed by atoms with van der Waals surface area (Å²) in [7, 11) is 1.74. The molecule has 2 heterocycles. The van der Waals surface area contributed by atoms with E-state index >= 15 is 0 Å². The molecule has 4 nitrogen and oxygen atoms in total. The number of hydrogen-bond acceptors (Lipinski definition) is 4. The number of nitrogens with one attached hydrogen (secondary N) is 1. The fourth-order valence-electron chi connectivity index (χ4n) is 3.95. The van der Waals surface area contributed by atoms with E-state index in [1.807, 2.05) is 24.3 Å². The molecule has 25 heavy (non-hydrogen) atoms. The fourth-order valence-corrected chi connectivity index (χ4v) is 4.11. The van der Waals surface area contributed by atoms with Gasteiger partial charge in [-0.05, 0) is 37.1 Å². The summed E-state index contributed by atoms with van der Waals surface area (Å²) in [5.41, 5.74) is 2.30. The van der Waals surface area contributed by atoms with E-state index in [4.69, 9.17) is 21.1 Å². The summed E-state index contributed by atoms with van der Waals surface area (Å²) < 4.78 is 11.5. The highest BCUT2D eigenvalue weighted by Gasteiger charge is 2.37. The van der Waals surface area contributed by atoms with Crippen molar-refractivity contribution in [3.8, 4) is 11.5 Å². The van der Waals surface area contributed by atoms with Gasteiger partial charge in [-0.15, -0.1) is 0 Å². The molecule has 2 aromatic carbocycles. The average molecular weight is 359 g/mol. The molecule has 2 aliphatic heterocycles. The lowest BCUT2D eigenvalue weighted by Gasteiger charge is -2.42. The zero-order chi connectivity index (χ0) is 17.2. The van der Waals surface area contributed by atoms with Crippen LogP contribution in [0.4, 0.5) is 5.69 Å². The molecule has 2 aliphatic rings. The Bertz CT molecular complexity index is 752. The van der Waals surface area contributed by atoms with Crippen molar-refractivity contribution in [2.24, 2.45) is 0 Å². The molecule has 1 N–H and O–H groups in total. The Kier molecular flexibility index (Phi) is 4.84. The minimum atomic E-state index is 0.224. The number of ether oxygens (including phenoxy) is 2. The van der Waals surface area contributed by atoms with Crippen molar-refractivity contribution in [1.82, 2.24) is 5.32 Å². The minimum absolute atomic E-state index is 0.224. The topological polar surface area (TPSA) is 33.7 Å². The standard InChI is InChI=1S/C20H23ClN2O2/c1-24-12-10-22-16-6-4-11-23-17-13-14(21)8-9-19(17)25-18-7-3-2-5-15(18)20(16)23/h2-3,5,7-9,13,16,20,22H,4,6,10-12H2,1H3/t16-,20-/m1/s1. The van der Waals surface area contributed by atoms with Crippen LogP contribution in [0.3, 0.4) is 0 Å². The molecule has 132 valence electrons. The molecule has 1 fully saturated rings. The summed E-state index contributed by atoms with van der Waals surface area (Å²) >= 11 is 6.30. The molecule has 0 saturated carbocycles. The normalized spacial score (nSPS) is 21.6. The molecule has 4 rings (SSSR count). The maximum absolute atomic E-state index is 6.30. The van der Waals surface area contributed by atoms with Crippen LogP contribution in [-0.4, -0.2) is 32.8 Å². The lowest BCUT2D eigenvalue weighted by Crippen LogP contribution is -2.49. The Hall–Kier alpha value is -1.75. The summed E-state index contributed by atoms with van der Waals surface area (Å²) in [5, 5.41) is 4.42. The largest absolute Gasteiger partial charge is 0.455 e. The first-order chi connectivity index (χ1) is 12.3. The first kappa shape index (κ1) is 16.7. The first-order valence-corrected chi connectivity index (χ1v) is 9.21.